The summed E-state index contributed by atoms with van der Waals surface area (Å²) in [5.41, 5.74) is 9.18. The Hall–Kier alpha value is -2.18. The molecule has 0 aliphatic carbocycles. The van der Waals surface area contributed by atoms with Crippen LogP contribution in [0.5, 0.6) is 0 Å². The third kappa shape index (κ3) is 4.57. The molecule has 3 aromatic rings. The lowest BCUT2D eigenvalue weighted by molar-refractivity contribution is 0.398. The molecule has 0 unspecified atom stereocenters. The Kier molecular flexibility index (Phi) is 6.63. The number of benzene rings is 1. The number of likely N-dealkylation sites (N-methyl/N-ethyl adjacent to an activating group) is 1. The number of pyridine rings is 1. The van der Waals surface area contributed by atoms with Crippen molar-refractivity contribution in [1.29, 1.82) is 0 Å². The molecule has 146 valence electrons. The molecule has 6 nitrogen and oxygen atoms in total. The minimum atomic E-state index is 0.532. The summed E-state index contributed by atoms with van der Waals surface area (Å²) in [4.78, 5) is 11.6. The zero-order valence-corrected chi connectivity index (χ0v) is 16.8. The van der Waals surface area contributed by atoms with Gasteiger partial charge >= 0.3 is 0 Å². The maximum absolute atomic E-state index is 6.25. The van der Waals surface area contributed by atoms with Crippen LogP contribution in [-0.2, 0) is 13.0 Å². The zero-order chi connectivity index (χ0) is 19.2. The van der Waals surface area contributed by atoms with Crippen LogP contribution in [-0.4, -0.2) is 53.2 Å². The van der Waals surface area contributed by atoms with E-state index in [2.05, 4.69) is 52.9 Å². The number of hydrogen-bond acceptors (Lipinski definition) is 5. The average molecular weight is 369 g/mol. The molecule has 2 aromatic heterocycles. The minimum Gasteiger partial charge on any atom is -0.382 e. The molecule has 0 aliphatic rings. The number of aromatic nitrogens is 3. The van der Waals surface area contributed by atoms with Crippen LogP contribution in [0.3, 0.4) is 0 Å². The molecular formula is C21H32N6. The van der Waals surface area contributed by atoms with Crippen LogP contribution in [0, 0.1) is 0 Å². The molecular weight excluding hydrogens is 336 g/mol. The molecule has 0 amide bonds. The summed E-state index contributed by atoms with van der Waals surface area (Å²) >= 11 is 0. The number of nitrogen functional groups attached to an aromatic ring is 1. The number of hydrogen-bond donors (Lipinski definition) is 2. The van der Waals surface area contributed by atoms with E-state index >= 15 is 0 Å². The van der Waals surface area contributed by atoms with Crippen LogP contribution in [0.25, 0.3) is 21.9 Å². The fraction of sp³-hybridized carbons (Fsp3) is 0.524. The summed E-state index contributed by atoms with van der Waals surface area (Å²) in [6, 6.07) is 8.22. The van der Waals surface area contributed by atoms with Crippen molar-refractivity contribution >= 4 is 27.8 Å². The molecule has 3 N–H and O–H groups in total. The fourth-order valence-corrected chi connectivity index (χ4v) is 3.46. The Balaban J connectivity index is 1.88. The number of nitrogens with two attached hydrogens (primary N) is 1. The van der Waals surface area contributed by atoms with Gasteiger partial charge in [0.05, 0.1) is 11.0 Å². The van der Waals surface area contributed by atoms with Gasteiger partial charge in [0.15, 0.2) is 5.82 Å². The van der Waals surface area contributed by atoms with Gasteiger partial charge in [-0.3, -0.25) is 0 Å². The van der Waals surface area contributed by atoms with Gasteiger partial charge in [0.2, 0.25) is 0 Å². The van der Waals surface area contributed by atoms with Gasteiger partial charge in [-0.1, -0.05) is 31.5 Å². The summed E-state index contributed by atoms with van der Waals surface area (Å²) in [5.74, 6) is 1.66. The van der Waals surface area contributed by atoms with E-state index in [0.717, 1.165) is 79.6 Å². The van der Waals surface area contributed by atoms with E-state index in [1.807, 2.05) is 12.1 Å². The second-order valence-corrected chi connectivity index (χ2v) is 7.40. The van der Waals surface area contributed by atoms with Gasteiger partial charge in [-0.15, -0.1) is 0 Å². The predicted octanol–water partition coefficient (Wildman–Crippen LogP) is 3.05. The maximum atomic E-state index is 6.25. The predicted molar refractivity (Wildman–Crippen MR) is 114 cm³/mol. The van der Waals surface area contributed by atoms with Crippen LogP contribution in [0.4, 0.5) is 5.82 Å². The van der Waals surface area contributed by atoms with Crippen LogP contribution in [0.15, 0.2) is 24.3 Å². The van der Waals surface area contributed by atoms with Crippen LogP contribution >= 0.6 is 0 Å². The second-order valence-electron chi connectivity index (χ2n) is 7.40. The second kappa shape index (κ2) is 9.15. The highest BCUT2D eigenvalue weighted by Gasteiger charge is 2.16. The van der Waals surface area contributed by atoms with Crippen molar-refractivity contribution in [3.63, 3.8) is 0 Å². The molecule has 0 spiro atoms. The number of nitrogens with one attached hydrogen (secondary N) is 1. The lowest BCUT2D eigenvalue weighted by Crippen LogP contribution is -2.27. The van der Waals surface area contributed by atoms with Crippen molar-refractivity contribution in [3.8, 4) is 0 Å². The Morgan fingerprint density at radius 3 is 2.70 bits per heavy atom. The van der Waals surface area contributed by atoms with Gasteiger partial charge in [0.25, 0.3) is 0 Å². The first-order valence-electron chi connectivity index (χ1n) is 10.0. The molecule has 0 saturated carbocycles. The van der Waals surface area contributed by atoms with E-state index in [4.69, 9.17) is 10.7 Å². The molecule has 1 aromatic carbocycles. The van der Waals surface area contributed by atoms with E-state index < -0.39 is 0 Å². The highest BCUT2D eigenvalue weighted by atomic mass is 15.1. The van der Waals surface area contributed by atoms with E-state index in [0.29, 0.717) is 5.82 Å². The third-order valence-electron chi connectivity index (χ3n) is 4.91. The highest BCUT2D eigenvalue weighted by Crippen LogP contribution is 2.29. The van der Waals surface area contributed by atoms with Crippen molar-refractivity contribution in [2.45, 2.75) is 39.2 Å². The van der Waals surface area contributed by atoms with Gasteiger partial charge in [-0.05, 0) is 39.5 Å². The van der Waals surface area contributed by atoms with Gasteiger partial charge in [-0.25, -0.2) is 9.97 Å². The minimum absolute atomic E-state index is 0.532. The number of fused-ring (bicyclic) bond motifs is 3. The number of anilines is 1. The molecule has 0 radical (unpaired) electrons. The van der Waals surface area contributed by atoms with Gasteiger partial charge in [-0.2, -0.15) is 0 Å². The van der Waals surface area contributed by atoms with E-state index in [9.17, 15) is 0 Å². The smallest absolute Gasteiger partial charge is 0.152 e. The first kappa shape index (κ1) is 19.6. The third-order valence-corrected chi connectivity index (χ3v) is 4.91. The first-order chi connectivity index (χ1) is 13.1. The first-order valence-corrected chi connectivity index (χ1v) is 10.0. The Bertz CT molecular complexity index is 883. The molecule has 0 aliphatic heterocycles. The van der Waals surface area contributed by atoms with Gasteiger partial charge in [0.1, 0.15) is 11.3 Å². The summed E-state index contributed by atoms with van der Waals surface area (Å²) in [7, 11) is 4.20. The number of para-hydroxylation sites is 1. The monoisotopic (exact) mass is 368 g/mol. The molecule has 2 heterocycles. The van der Waals surface area contributed by atoms with E-state index in [-0.39, 0.29) is 0 Å². The number of unbranched alkanes of at least 4 members (excludes halogenated alkanes) is 1. The van der Waals surface area contributed by atoms with Crippen LogP contribution in [0.2, 0.25) is 0 Å². The summed E-state index contributed by atoms with van der Waals surface area (Å²) in [6.07, 6.45) is 4.33. The number of nitrogens with zero attached hydrogens (tertiary/aromatic N) is 4. The van der Waals surface area contributed by atoms with Crippen molar-refractivity contribution in [2.24, 2.45) is 0 Å². The number of rotatable bonds is 10. The molecule has 0 bridgehead atoms. The summed E-state index contributed by atoms with van der Waals surface area (Å²) in [6.45, 7) is 6.23. The van der Waals surface area contributed by atoms with Crippen molar-refractivity contribution in [3.05, 3.63) is 30.1 Å². The molecule has 0 atom stereocenters. The zero-order valence-electron chi connectivity index (χ0n) is 16.8. The van der Waals surface area contributed by atoms with Crippen molar-refractivity contribution in [1.82, 2.24) is 24.8 Å². The van der Waals surface area contributed by atoms with Gasteiger partial charge in [0, 0.05) is 31.4 Å². The molecule has 0 fully saturated rings. The Morgan fingerprint density at radius 1 is 1.11 bits per heavy atom. The van der Waals surface area contributed by atoms with E-state index in [1.165, 1.54) is 0 Å². The number of aryl methyl sites for hydroxylation is 2. The largest absolute Gasteiger partial charge is 0.382 e. The fourth-order valence-electron chi connectivity index (χ4n) is 3.46. The molecule has 3 rings (SSSR count). The van der Waals surface area contributed by atoms with Crippen LogP contribution < -0.4 is 11.1 Å². The number of imidazole rings is 1. The molecule has 6 heteroatoms. The normalized spacial score (nSPS) is 11.9. The summed E-state index contributed by atoms with van der Waals surface area (Å²) < 4.78 is 2.37. The summed E-state index contributed by atoms with van der Waals surface area (Å²) in [5, 5.41) is 4.66. The Morgan fingerprint density at radius 2 is 1.93 bits per heavy atom. The maximum Gasteiger partial charge on any atom is 0.152 e. The van der Waals surface area contributed by atoms with E-state index in [1.54, 1.807) is 0 Å². The van der Waals surface area contributed by atoms with Gasteiger partial charge < -0.3 is 20.5 Å². The van der Waals surface area contributed by atoms with Crippen molar-refractivity contribution in [2.75, 3.05) is 39.5 Å². The molecule has 0 saturated heterocycles. The highest BCUT2D eigenvalue weighted by molar-refractivity contribution is 6.06. The Labute approximate surface area is 161 Å². The molecule has 27 heavy (non-hydrogen) atoms. The van der Waals surface area contributed by atoms with Crippen molar-refractivity contribution < 1.29 is 0 Å². The quantitative estimate of drug-likeness (QED) is 0.538. The average Bonchev–Trinajstić information content (AvgIpc) is 3.02. The topological polar surface area (TPSA) is 72.0 Å². The lowest BCUT2D eigenvalue weighted by atomic mass is 10.2. The SMILES string of the molecule is CCCCc1nc2c(N)nc3ccccc3c2n1CCCNCCN(C)C. The lowest BCUT2D eigenvalue weighted by Gasteiger charge is -2.13. The van der Waals surface area contributed by atoms with Crippen LogP contribution in [0.1, 0.15) is 32.0 Å². The standard InChI is InChI=1S/C21H32N6/c1-4-5-11-18-25-19-20(16-9-6-7-10-17(16)24-21(19)22)27(18)14-8-12-23-13-15-26(2)3/h6-7,9-10,23H,4-5,8,11-15H2,1-3H3,(H2,22,24).